The van der Waals surface area contributed by atoms with Crippen LogP contribution in [-0.4, -0.2) is 35.6 Å². The van der Waals surface area contributed by atoms with Crippen molar-refractivity contribution in [3.63, 3.8) is 0 Å². The van der Waals surface area contributed by atoms with Crippen LogP contribution in [0.4, 0.5) is 0 Å². The lowest BCUT2D eigenvalue weighted by Crippen LogP contribution is -2.30. The summed E-state index contributed by atoms with van der Waals surface area (Å²) in [5.74, 6) is 0.426. The van der Waals surface area contributed by atoms with Gasteiger partial charge in [0.25, 0.3) is 0 Å². The first-order valence-electron chi connectivity index (χ1n) is 7.42. The number of aliphatic hydroxyl groups excluding tert-OH is 1. The Morgan fingerprint density at radius 3 is 2.40 bits per heavy atom. The number of aryl methyl sites for hydroxylation is 1. The van der Waals surface area contributed by atoms with Gasteiger partial charge in [0.15, 0.2) is 0 Å². The molecule has 0 heterocycles. The van der Waals surface area contributed by atoms with Crippen molar-refractivity contribution in [2.45, 2.75) is 52.1 Å². The van der Waals surface area contributed by atoms with Gasteiger partial charge in [-0.15, -0.1) is 0 Å². The molecule has 0 spiro atoms. The number of aliphatic hydroxyl groups is 1. The lowest BCUT2D eigenvalue weighted by molar-refractivity contribution is -0.130. The normalized spacial score (nSPS) is 13.8. The molecule has 2 unspecified atom stereocenters. The third-order valence-corrected chi connectivity index (χ3v) is 3.77. The number of amides is 1. The molecule has 1 aromatic carbocycles. The summed E-state index contributed by atoms with van der Waals surface area (Å²) in [4.78, 5) is 13.9. The number of carbonyl (C=O) groups excluding carboxylic acids is 1. The second-order valence-electron chi connectivity index (χ2n) is 5.67. The van der Waals surface area contributed by atoms with Gasteiger partial charge in [-0.1, -0.05) is 36.8 Å². The third kappa shape index (κ3) is 5.33. The molecule has 1 aromatic rings. The van der Waals surface area contributed by atoms with Crippen LogP contribution in [0.5, 0.6) is 0 Å². The van der Waals surface area contributed by atoms with Gasteiger partial charge in [0, 0.05) is 20.0 Å². The molecule has 0 aliphatic heterocycles. The number of hydrogen-bond acceptors (Lipinski definition) is 2. The molecule has 0 bridgehead atoms. The summed E-state index contributed by atoms with van der Waals surface area (Å²) >= 11 is 0. The Morgan fingerprint density at radius 2 is 1.90 bits per heavy atom. The molecule has 0 aliphatic rings. The SMILES string of the molecule is CCC(CC(=O)N(C)CCC(C)O)c1ccc(C)cc1. The van der Waals surface area contributed by atoms with Crippen LogP contribution in [0, 0.1) is 6.92 Å². The summed E-state index contributed by atoms with van der Waals surface area (Å²) in [7, 11) is 1.81. The Balaban J connectivity index is 2.59. The quantitative estimate of drug-likeness (QED) is 0.832. The minimum absolute atomic E-state index is 0.151. The summed E-state index contributed by atoms with van der Waals surface area (Å²) in [6.45, 7) is 6.55. The molecule has 2 atom stereocenters. The second-order valence-corrected chi connectivity index (χ2v) is 5.67. The zero-order chi connectivity index (χ0) is 15.1. The van der Waals surface area contributed by atoms with Crippen molar-refractivity contribution in [2.75, 3.05) is 13.6 Å². The van der Waals surface area contributed by atoms with Crippen LogP contribution in [0.3, 0.4) is 0 Å². The minimum Gasteiger partial charge on any atom is -0.393 e. The van der Waals surface area contributed by atoms with E-state index in [4.69, 9.17) is 0 Å². The fraction of sp³-hybridized carbons (Fsp3) is 0.588. The zero-order valence-electron chi connectivity index (χ0n) is 13.1. The van der Waals surface area contributed by atoms with Crippen LogP contribution in [-0.2, 0) is 4.79 Å². The highest BCUT2D eigenvalue weighted by molar-refractivity contribution is 5.76. The standard InChI is InChI=1S/C17H27NO2/c1-5-15(16-8-6-13(2)7-9-16)12-17(20)18(4)11-10-14(3)19/h6-9,14-15,19H,5,10-12H2,1-4H3. The van der Waals surface area contributed by atoms with Crippen LogP contribution < -0.4 is 0 Å². The molecule has 0 saturated carbocycles. The summed E-state index contributed by atoms with van der Waals surface area (Å²) in [6.07, 6.45) is 1.77. The second kappa shape index (κ2) is 8.05. The monoisotopic (exact) mass is 277 g/mol. The topological polar surface area (TPSA) is 40.5 Å². The van der Waals surface area contributed by atoms with Crippen LogP contribution in [0.2, 0.25) is 0 Å². The van der Waals surface area contributed by atoms with Gasteiger partial charge in [0.05, 0.1) is 6.10 Å². The number of carbonyl (C=O) groups is 1. The van der Waals surface area contributed by atoms with Crippen LogP contribution >= 0.6 is 0 Å². The molecule has 3 nitrogen and oxygen atoms in total. The first kappa shape index (κ1) is 16.7. The van der Waals surface area contributed by atoms with E-state index in [9.17, 15) is 9.90 Å². The Bertz CT molecular complexity index is 412. The Kier molecular flexibility index (Phi) is 6.73. The Hall–Kier alpha value is -1.35. The molecule has 0 aliphatic carbocycles. The molecular weight excluding hydrogens is 250 g/mol. The van der Waals surface area contributed by atoms with Gasteiger partial charge in [-0.05, 0) is 38.2 Å². The van der Waals surface area contributed by atoms with Crippen LogP contribution in [0.1, 0.15) is 50.2 Å². The van der Waals surface area contributed by atoms with Gasteiger partial charge in [-0.3, -0.25) is 4.79 Å². The lowest BCUT2D eigenvalue weighted by atomic mass is 9.92. The molecule has 1 amide bonds. The van der Waals surface area contributed by atoms with E-state index in [0.29, 0.717) is 19.4 Å². The van der Waals surface area contributed by atoms with Crippen molar-refractivity contribution >= 4 is 5.91 Å². The fourth-order valence-electron chi connectivity index (χ4n) is 2.21. The first-order valence-corrected chi connectivity index (χ1v) is 7.42. The van der Waals surface area contributed by atoms with Gasteiger partial charge in [0.2, 0.25) is 5.91 Å². The van der Waals surface area contributed by atoms with Gasteiger partial charge < -0.3 is 10.0 Å². The van der Waals surface area contributed by atoms with E-state index in [1.807, 2.05) is 7.05 Å². The largest absolute Gasteiger partial charge is 0.393 e. The van der Waals surface area contributed by atoms with Crippen molar-refractivity contribution in [1.29, 1.82) is 0 Å². The highest BCUT2D eigenvalue weighted by Gasteiger charge is 2.17. The fourth-order valence-corrected chi connectivity index (χ4v) is 2.21. The average molecular weight is 277 g/mol. The Labute approximate surface area is 122 Å². The van der Waals surface area contributed by atoms with Gasteiger partial charge in [-0.25, -0.2) is 0 Å². The molecule has 1 N–H and O–H groups in total. The van der Waals surface area contributed by atoms with Crippen molar-refractivity contribution in [3.8, 4) is 0 Å². The summed E-state index contributed by atoms with van der Waals surface area (Å²) in [6, 6.07) is 8.43. The number of benzene rings is 1. The number of hydrogen-bond donors (Lipinski definition) is 1. The molecule has 1 rings (SSSR count). The smallest absolute Gasteiger partial charge is 0.222 e. The van der Waals surface area contributed by atoms with E-state index in [0.717, 1.165) is 6.42 Å². The number of nitrogens with zero attached hydrogens (tertiary/aromatic N) is 1. The Morgan fingerprint density at radius 1 is 1.30 bits per heavy atom. The van der Waals surface area contributed by atoms with Crippen LogP contribution in [0.15, 0.2) is 24.3 Å². The maximum atomic E-state index is 12.2. The third-order valence-electron chi connectivity index (χ3n) is 3.77. The molecular formula is C17H27NO2. The van der Waals surface area contributed by atoms with E-state index < -0.39 is 0 Å². The lowest BCUT2D eigenvalue weighted by Gasteiger charge is -2.22. The highest BCUT2D eigenvalue weighted by atomic mass is 16.3. The maximum Gasteiger partial charge on any atom is 0.222 e. The van der Waals surface area contributed by atoms with Crippen LogP contribution in [0.25, 0.3) is 0 Å². The van der Waals surface area contributed by atoms with E-state index >= 15 is 0 Å². The van der Waals surface area contributed by atoms with Gasteiger partial charge in [-0.2, -0.15) is 0 Å². The molecule has 0 aromatic heterocycles. The predicted molar refractivity (Wildman–Crippen MR) is 82.8 cm³/mol. The van der Waals surface area contributed by atoms with Gasteiger partial charge >= 0.3 is 0 Å². The molecule has 0 saturated heterocycles. The van der Waals surface area contributed by atoms with Crippen molar-refractivity contribution in [2.24, 2.45) is 0 Å². The highest BCUT2D eigenvalue weighted by Crippen LogP contribution is 2.24. The van der Waals surface area contributed by atoms with E-state index in [1.165, 1.54) is 11.1 Å². The molecule has 0 fully saturated rings. The van der Waals surface area contributed by atoms with E-state index in [-0.39, 0.29) is 17.9 Å². The van der Waals surface area contributed by atoms with Crippen molar-refractivity contribution < 1.29 is 9.90 Å². The summed E-state index contributed by atoms with van der Waals surface area (Å²) < 4.78 is 0. The van der Waals surface area contributed by atoms with Gasteiger partial charge in [0.1, 0.15) is 0 Å². The molecule has 112 valence electrons. The average Bonchev–Trinajstić information content (AvgIpc) is 2.42. The minimum atomic E-state index is -0.357. The zero-order valence-corrected chi connectivity index (χ0v) is 13.1. The predicted octanol–water partition coefficient (Wildman–Crippen LogP) is 3.11. The van der Waals surface area contributed by atoms with E-state index in [1.54, 1.807) is 11.8 Å². The maximum absolute atomic E-state index is 12.2. The number of rotatable bonds is 7. The van der Waals surface area contributed by atoms with Crippen molar-refractivity contribution in [1.82, 2.24) is 4.90 Å². The first-order chi connectivity index (χ1) is 9.43. The summed E-state index contributed by atoms with van der Waals surface area (Å²) in [5.41, 5.74) is 2.47. The molecule has 0 radical (unpaired) electrons. The summed E-state index contributed by atoms with van der Waals surface area (Å²) in [5, 5.41) is 9.28. The molecule has 20 heavy (non-hydrogen) atoms. The van der Waals surface area contributed by atoms with Crippen molar-refractivity contribution in [3.05, 3.63) is 35.4 Å². The molecule has 3 heteroatoms. The van der Waals surface area contributed by atoms with E-state index in [2.05, 4.69) is 38.1 Å².